The summed E-state index contributed by atoms with van der Waals surface area (Å²) in [5.41, 5.74) is 1.22. The average molecular weight is 278 g/mol. The zero-order chi connectivity index (χ0) is 15.0. The van der Waals surface area contributed by atoms with Crippen LogP contribution in [0.3, 0.4) is 0 Å². The number of amides is 1. The average Bonchev–Trinajstić information content (AvgIpc) is 2.39. The fourth-order valence-electron chi connectivity index (χ4n) is 2.04. The van der Waals surface area contributed by atoms with Crippen molar-refractivity contribution in [2.75, 3.05) is 20.3 Å². The summed E-state index contributed by atoms with van der Waals surface area (Å²) in [7, 11) is 1.64. The summed E-state index contributed by atoms with van der Waals surface area (Å²) in [4.78, 5) is 14.2. The van der Waals surface area contributed by atoms with Gasteiger partial charge >= 0.3 is 0 Å². The van der Waals surface area contributed by atoms with Gasteiger partial charge in [0.25, 0.3) is 0 Å². The fourth-order valence-corrected chi connectivity index (χ4v) is 2.04. The molecule has 1 aromatic rings. The van der Waals surface area contributed by atoms with Crippen molar-refractivity contribution in [2.24, 2.45) is 0 Å². The van der Waals surface area contributed by atoms with Crippen LogP contribution in [0.2, 0.25) is 0 Å². The first-order chi connectivity index (χ1) is 9.52. The van der Waals surface area contributed by atoms with E-state index >= 15 is 0 Å². The van der Waals surface area contributed by atoms with Gasteiger partial charge in [0.1, 0.15) is 0 Å². The van der Waals surface area contributed by atoms with Gasteiger partial charge in [-0.3, -0.25) is 9.69 Å². The van der Waals surface area contributed by atoms with Crippen molar-refractivity contribution in [3.05, 3.63) is 35.9 Å². The van der Waals surface area contributed by atoms with E-state index < -0.39 is 0 Å². The highest BCUT2D eigenvalue weighted by Crippen LogP contribution is 2.07. The summed E-state index contributed by atoms with van der Waals surface area (Å²) >= 11 is 0. The summed E-state index contributed by atoms with van der Waals surface area (Å²) in [6.45, 7) is 7.87. The van der Waals surface area contributed by atoms with E-state index in [9.17, 15) is 4.79 Å². The van der Waals surface area contributed by atoms with Crippen molar-refractivity contribution < 1.29 is 9.53 Å². The van der Waals surface area contributed by atoms with Gasteiger partial charge in [0.2, 0.25) is 5.91 Å². The lowest BCUT2D eigenvalue weighted by Crippen LogP contribution is -2.44. The maximum Gasteiger partial charge on any atom is 0.234 e. The molecule has 0 fully saturated rings. The minimum atomic E-state index is 0.0400. The fraction of sp³-hybridized carbons (Fsp3) is 0.562. The Bertz CT molecular complexity index is 393. The van der Waals surface area contributed by atoms with Crippen LogP contribution in [-0.4, -0.2) is 43.2 Å². The summed E-state index contributed by atoms with van der Waals surface area (Å²) in [6, 6.07) is 10.6. The van der Waals surface area contributed by atoms with Crippen molar-refractivity contribution in [1.82, 2.24) is 10.2 Å². The van der Waals surface area contributed by atoms with Gasteiger partial charge in [-0.15, -0.1) is 0 Å². The Morgan fingerprint density at radius 3 is 2.45 bits per heavy atom. The Morgan fingerprint density at radius 2 is 1.90 bits per heavy atom. The van der Waals surface area contributed by atoms with Gasteiger partial charge < -0.3 is 10.1 Å². The number of nitrogens with zero attached hydrogens (tertiary/aromatic N) is 1. The van der Waals surface area contributed by atoms with Crippen LogP contribution in [0.1, 0.15) is 26.3 Å². The number of carbonyl (C=O) groups is 1. The Hall–Kier alpha value is -1.39. The molecule has 1 amide bonds. The van der Waals surface area contributed by atoms with Crippen molar-refractivity contribution in [3.63, 3.8) is 0 Å². The van der Waals surface area contributed by atoms with Crippen LogP contribution in [0.5, 0.6) is 0 Å². The van der Waals surface area contributed by atoms with Crippen LogP contribution in [0.25, 0.3) is 0 Å². The lowest BCUT2D eigenvalue weighted by molar-refractivity contribution is -0.123. The molecule has 0 aliphatic heterocycles. The molecule has 112 valence electrons. The van der Waals surface area contributed by atoms with Crippen molar-refractivity contribution in [3.8, 4) is 0 Å². The van der Waals surface area contributed by atoms with E-state index in [1.165, 1.54) is 5.56 Å². The molecule has 0 radical (unpaired) electrons. The second kappa shape index (κ2) is 8.72. The van der Waals surface area contributed by atoms with E-state index in [1.54, 1.807) is 7.11 Å². The molecule has 1 aromatic carbocycles. The summed E-state index contributed by atoms with van der Waals surface area (Å²) < 4.78 is 5.02. The lowest BCUT2D eigenvalue weighted by Gasteiger charge is -2.26. The molecule has 20 heavy (non-hydrogen) atoms. The first kappa shape index (κ1) is 16.7. The van der Waals surface area contributed by atoms with Crippen LogP contribution in [0.4, 0.5) is 0 Å². The SMILES string of the molecule is COC[C@@H](C)NC(=O)CN(Cc1ccccc1)C(C)C. The van der Waals surface area contributed by atoms with Gasteiger partial charge in [-0.1, -0.05) is 30.3 Å². The lowest BCUT2D eigenvalue weighted by atomic mass is 10.2. The quantitative estimate of drug-likeness (QED) is 0.791. The van der Waals surface area contributed by atoms with E-state index in [-0.39, 0.29) is 11.9 Å². The van der Waals surface area contributed by atoms with Crippen molar-refractivity contribution in [2.45, 2.75) is 39.4 Å². The van der Waals surface area contributed by atoms with Crippen LogP contribution in [0.15, 0.2) is 30.3 Å². The topological polar surface area (TPSA) is 41.6 Å². The largest absolute Gasteiger partial charge is 0.383 e. The number of hydrogen-bond acceptors (Lipinski definition) is 3. The van der Waals surface area contributed by atoms with Gasteiger partial charge in [-0.2, -0.15) is 0 Å². The molecule has 0 bridgehead atoms. The molecule has 0 heterocycles. The Morgan fingerprint density at radius 1 is 1.25 bits per heavy atom. The van der Waals surface area contributed by atoms with Crippen molar-refractivity contribution in [1.29, 1.82) is 0 Å². The smallest absolute Gasteiger partial charge is 0.234 e. The van der Waals surface area contributed by atoms with Gasteiger partial charge in [0.05, 0.1) is 13.2 Å². The maximum atomic E-state index is 12.0. The molecule has 4 nitrogen and oxygen atoms in total. The highest BCUT2D eigenvalue weighted by atomic mass is 16.5. The zero-order valence-electron chi connectivity index (χ0n) is 12.9. The number of methoxy groups -OCH3 is 1. The van der Waals surface area contributed by atoms with E-state index in [1.807, 2.05) is 25.1 Å². The zero-order valence-corrected chi connectivity index (χ0v) is 12.9. The van der Waals surface area contributed by atoms with Gasteiger partial charge in [-0.25, -0.2) is 0 Å². The molecule has 4 heteroatoms. The van der Waals surface area contributed by atoms with Crippen LogP contribution in [-0.2, 0) is 16.1 Å². The van der Waals surface area contributed by atoms with Crippen LogP contribution >= 0.6 is 0 Å². The van der Waals surface area contributed by atoms with E-state index in [0.717, 1.165) is 6.54 Å². The van der Waals surface area contributed by atoms with E-state index in [2.05, 4.69) is 36.2 Å². The standard InChI is InChI=1S/C16H26N2O2/c1-13(2)18(10-15-8-6-5-7-9-15)11-16(19)17-14(3)12-20-4/h5-9,13-14H,10-12H2,1-4H3,(H,17,19)/t14-/m1/s1. The molecule has 0 spiro atoms. The molecule has 0 saturated heterocycles. The monoisotopic (exact) mass is 278 g/mol. The molecular formula is C16H26N2O2. The van der Waals surface area contributed by atoms with Gasteiger partial charge in [0.15, 0.2) is 0 Å². The number of hydrogen-bond donors (Lipinski definition) is 1. The highest BCUT2D eigenvalue weighted by molar-refractivity contribution is 5.78. The Labute approximate surface area is 122 Å². The number of benzene rings is 1. The van der Waals surface area contributed by atoms with Crippen LogP contribution in [0, 0.1) is 0 Å². The molecule has 0 aliphatic rings. The highest BCUT2D eigenvalue weighted by Gasteiger charge is 2.15. The molecule has 0 aliphatic carbocycles. The third kappa shape index (κ3) is 6.17. The minimum Gasteiger partial charge on any atom is -0.383 e. The molecule has 0 unspecified atom stereocenters. The molecule has 0 aromatic heterocycles. The first-order valence-electron chi connectivity index (χ1n) is 7.09. The Balaban J connectivity index is 2.53. The number of rotatable bonds is 8. The van der Waals surface area contributed by atoms with Crippen molar-refractivity contribution >= 4 is 5.91 Å². The summed E-state index contributed by atoms with van der Waals surface area (Å²) in [6.07, 6.45) is 0. The minimum absolute atomic E-state index is 0.0400. The van der Waals surface area contributed by atoms with E-state index in [4.69, 9.17) is 4.74 Å². The normalized spacial score (nSPS) is 12.7. The second-order valence-electron chi connectivity index (χ2n) is 5.41. The predicted octanol–water partition coefficient (Wildman–Crippen LogP) is 2.05. The number of ether oxygens (including phenoxy) is 1. The molecule has 1 rings (SSSR count). The summed E-state index contributed by atoms with van der Waals surface area (Å²) in [5, 5.41) is 2.95. The van der Waals surface area contributed by atoms with Gasteiger partial charge in [0, 0.05) is 25.7 Å². The maximum absolute atomic E-state index is 12.0. The molecule has 1 N–H and O–H groups in total. The third-order valence-electron chi connectivity index (χ3n) is 3.13. The first-order valence-corrected chi connectivity index (χ1v) is 7.09. The summed E-state index contributed by atoms with van der Waals surface area (Å²) in [5.74, 6) is 0.0409. The Kier molecular flexibility index (Phi) is 7.26. The molecular weight excluding hydrogens is 252 g/mol. The predicted molar refractivity (Wildman–Crippen MR) is 81.5 cm³/mol. The second-order valence-corrected chi connectivity index (χ2v) is 5.41. The molecule has 1 atom stereocenters. The van der Waals surface area contributed by atoms with Crippen LogP contribution < -0.4 is 5.32 Å². The number of carbonyl (C=O) groups excluding carboxylic acids is 1. The third-order valence-corrected chi connectivity index (χ3v) is 3.13. The number of nitrogens with one attached hydrogen (secondary N) is 1. The molecule has 0 saturated carbocycles. The van der Waals surface area contributed by atoms with E-state index in [0.29, 0.717) is 19.2 Å². The van der Waals surface area contributed by atoms with Gasteiger partial charge in [-0.05, 0) is 26.3 Å².